The molecule has 0 spiro atoms. The highest BCUT2D eigenvalue weighted by atomic mass is 79.9. The van der Waals surface area contributed by atoms with Gasteiger partial charge in [-0.1, -0.05) is 41.9 Å². The predicted molar refractivity (Wildman–Crippen MR) is 108 cm³/mol. The van der Waals surface area contributed by atoms with Crippen molar-refractivity contribution in [3.63, 3.8) is 0 Å². The molecule has 0 N–H and O–H groups in total. The topological polar surface area (TPSA) is 40.6 Å². The number of amides is 2. The fourth-order valence-corrected chi connectivity index (χ4v) is 3.47. The van der Waals surface area contributed by atoms with Crippen molar-refractivity contribution in [3.05, 3.63) is 64.1 Å². The highest BCUT2D eigenvalue weighted by Gasteiger charge is 2.35. The highest BCUT2D eigenvalue weighted by molar-refractivity contribution is 9.10. The van der Waals surface area contributed by atoms with Crippen LogP contribution in [-0.4, -0.2) is 35.8 Å². The molecule has 5 heteroatoms. The maximum atomic E-state index is 12.9. The van der Waals surface area contributed by atoms with Crippen molar-refractivity contribution in [2.75, 3.05) is 18.0 Å². The zero-order valence-electron chi connectivity index (χ0n) is 15.3. The molecule has 1 heterocycles. The summed E-state index contributed by atoms with van der Waals surface area (Å²) in [5, 5.41) is 0. The summed E-state index contributed by atoms with van der Waals surface area (Å²) in [5.41, 5.74) is 2.74. The number of halogens is 1. The van der Waals surface area contributed by atoms with Crippen LogP contribution in [0.5, 0.6) is 0 Å². The molecule has 2 aromatic rings. The van der Waals surface area contributed by atoms with Crippen LogP contribution in [0.15, 0.2) is 53.0 Å². The van der Waals surface area contributed by atoms with Crippen molar-refractivity contribution in [2.45, 2.75) is 32.7 Å². The van der Waals surface area contributed by atoms with E-state index < -0.39 is 6.04 Å². The number of nitrogens with zero attached hydrogens (tertiary/aromatic N) is 2. The van der Waals surface area contributed by atoms with E-state index in [1.165, 1.54) is 5.56 Å². The molecule has 2 aromatic carbocycles. The number of carbonyl (C=O) groups is 2. The molecule has 2 amide bonds. The van der Waals surface area contributed by atoms with E-state index >= 15 is 0 Å². The molecule has 26 heavy (non-hydrogen) atoms. The monoisotopic (exact) mass is 414 g/mol. The second-order valence-corrected chi connectivity index (χ2v) is 7.83. The summed E-state index contributed by atoms with van der Waals surface area (Å²) >= 11 is 3.37. The molecular formula is C21H23BrN2O2. The van der Waals surface area contributed by atoms with Crippen LogP contribution in [0.25, 0.3) is 0 Å². The van der Waals surface area contributed by atoms with Crippen LogP contribution < -0.4 is 4.90 Å². The van der Waals surface area contributed by atoms with Crippen LogP contribution in [0.2, 0.25) is 0 Å². The Labute approximate surface area is 162 Å². The van der Waals surface area contributed by atoms with Gasteiger partial charge >= 0.3 is 0 Å². The zero-order valence-corrected chi connectivity index (χ0v) is 16.9. The predicted octanol–water partition coefficient (Wildman–Crippen LogP) is 4.45. The summed E-state index contributed by atoms with van der Waals surface area (Å²) in [6.45, 7) is 7.12. The van der Waals surface area contributed by atoms with Crippen molar-refractivity contribution in [1.29, 1.82) is 0 Å². The van der Waals surface area contributed by atoms with E-state index in [-0.39, 0.29) is 11.8 Å². The van der Waals surface area contributed by atoms with Gasteiger partial charge in [0.1, 0.15) is 6.04 Å². The molecule has 1 fully saturated rings. The average Bonchev–Trinajstić information content (AvgIpc) is 2.64. The number of piperazine rings is 1. The molecule has 3 rings (SSSR count). The molecule has 1 saturated heterocycles. The highest BCUT2D eigenvalue weighted by Crippen LogP contribution is 2.24. The molecule has 0 radical (unpaired) electrons. The summed E-state index contributed by atoms with van der Waals surface area (Å²) in [4.78, 5) is 29.1. The van der Waals surface area contributed by atoms with Gasteiger partial charge in [-0.15, -0.1) is 0 Å². The minimum Gasteiger partial charge on any atom is -0.325 e. The average molecular weight is 415 g/mol. The van der Waals surface area contributed by atoms with Gasteiger partial charge in [-0.05, 0) is 54.8 Å². The van der Waals surface area contributed by atoms with Crippen LogP contribution in [0.3, 0.4) is 0 Å². The quantitative estimate of drug-likeness (QED) is 0.743. The van der Waals surface area contributed by atoms with Crippen LogP contribution in [-0.2, 0) is 4.79 Å². The first kappa shape index (κ1) is 18.6. The van der Waals surface area contributed by atoms with E-state index in [9.17, 15) is 9.59 Å². The standard InChI is InChI=1S/C21H23BrN2O2/c1-14(2)16-6-10-19(11-7-16)24-13-12-23(15(3)20(24)25)21(26)17-4-8-18(22)9-5-17/h4-11,14-15H,12-13H2,1-3H3/t15-/m1/s1. The molecule has 1 aliphatic rings. The fourth-order valence-electron chi connectivity index (χ4n) is 3.20. The fraction of sp³-hybridized carbons (Fsp3) is 0.333. The maximum absolute atomic E-state index is 12.9. The Morgan fingerprint density at radius 2 is 1.65 bits per heavy atom. The summed E-state index contributed by atoms with van der Waals surface area (Å²) in [6.07, 6.45) is 0. The van der Waals surface area contributed by atoms with E-state index in [4.69, 9.17) is 0 Å². The molecule has 1 aliphatic heterocycles. The number of hydrogen-bond donors (Lipinski definition) is 0. The van der Waals surface area contributed by atoms with E-state index in [0.29, 0.717) is 24.6 Å². The molecule has 0 aromatic heterocycles. The van der Waals surface area contributed by atoms with Crippen LogP contribution in [0, 0.1) is 0 Å². The summed E-state index contributed by atoms with van der Waals surface area (Å²) in [6, 6.07) is 14.9. The summed E-state index contributed by atoms with van der Waals surface area (Å²) < 4.78 is 0.924. The molecule has 0 saturated carbocycles. The van der Waals surface area contributed by atoms with Gasteiger partial charge in [0.05, 0.1) is 0 Å². The summed E-state index contributed by atoms with van der Waals surface area (Å²) in [7, 11) is 0. The van der Waals surface area contributed by atoms with E-state index in [1.54, 1.807) is 28.9 Å². The van der Waals surface area contributed by atoms with E-state index in [1.807, 2.05) is 24.3 Å². The Morgan fingerprint density at radius 3 is 2.23 bits per heavy atom. The SMILES string of the molecule is CC(C)c1ccc(N2CCN(C(=O)c3ccc(Br)cc3)[C@H](C)C2=O)cc1. The number of rotatable bonds is 3. The third kappa shape index (κ3) is 3.68. The smallest absolute Gasteiger partial charge is 0.254 e. The van der Waals surface area contributed by atoms with Gasteiger partial charge in [0.2, 0.25) is 5.91 Å². The molecule has 0 bridgehead atoms. The van der Waals surface area contributed by atoms with Crippen molar-refractivity contribution in [1.82, 2.24) is 4.90 Å². The first-order chi connectivity index (χ1) is 12.4. The first-order valence-electron chi connectivity index (χ1n) is 8.86. The lowest BCUT2D eigenvalue weighted by molar-refractivity contribution is -0.124. The molecule has 1 atom stereocenters. The van der Waals surface area contributed by atoms with E-state index in [2.05, 4.69) is 41.9 Å². The van der Waals surface area contributed by atoms with Crippen molar-refractivity contribution < 1.29 is 9.59 Å². The third-order valence-electron chi connectivity index (χ3n) is 4.88. The Balaban J connectivity index is 1.76. The van der Waals surface area contributed by atoms with Gasteiger partial charge in [-0.2, -0.15) is 0 Å². The van der Waals surface area contributed by atoms with Crippen LogP contribution in [0.4, 0.5) is 5.69 Å². The van der Waals surface area contributed by atoms with Gasteiger partial charge < -0.3 is 9.80 Å². The third-order valence-corrected chi connectivity index (χ3v) is 5.41. The lowest BCUT2D eigenvalue weighted by atomic mass is 10.0. The zero-order chi connectivity index (χ0) is 18.8. The Bertz CT molecular complexity index is 800. The normalized spacial score (nSPS) is 17.7. The Kier molecular flexibility index (Phi) is 5.47. The first-order valence-corrected chi connectivity index (χ1v) is 9.65. The minimum absolute atomic E-state index is 0.0426. The second-order valence-electron chi connectivity index (χ2n) is 6.92. The van der Waals surface area contributed by atoms with Gasteiger partial charge in [-0.3, -0.25) is 9.59 Å². The minimum atomic E-state index is -0.482. The number of anilines is 1. The molecular weight excluding hydrogens is 392 g/mol. The molecule has 136 valence electrons. The molecule has 0 unspecified atom stereocenters. The molecule has 0 aliphatic carbocycles. The second kappa shape index (κ2) is 7.62. The number of hydrogen-bond acceptors (Lipinski definition) is 2. The van der Waals surface area contributed by atoms with Crippen molar-refractivity contribution in [2.24, 2.45) is 0 Å². The number of carbonyl (C=O) groups excluding carboxylic acids is 2. The van der Waals surface area contributed by atoms with Crippen molar-refractivity contribution >= 4 is 33.4 Å². The van der Waals surface area contributed by atoms with Gasteiger partial charge in [0.25, 0.3) is 5.91 Å². The Hall–Kier alpha value is -2.14. The lowest BCUT2D eigenvalue weighted by Crippen LogP contribution is -2.57. The van der Waals surface area contributed by atoms with Gasteiger partial charge in [0, 0.05) is 28.8 Å². The van der Waals surface area contributed by atoms with Gasteiger partial charge in [-0.25, -0.2) is 0 Å². The van der Waals surface area contributed by atoms with E-state index in [0.717, 1.165) is 10.2 Å². The van der Waals surface area contributed by atoms with Crippen molar-refractivity contribution in [3.8, 4) is 0 Å². The Morgan fingerprint density at radius 1 is 1.04 bits per heavy atom. The number of benzene rings is 2. The van der Waals surface area contributed by atoms with Crippen LogP contribution in [0.1, 0.15) is 42.6 Å². The largest absolute Gasteiger partial charge is 0.325 e. The lowest BCUT2D eigenvalue weighted by Gasteiger charge is -2.39. The summed E-state index contributed by atoms with van der Waals surface area (Å²) in [5.74, 6) is 0.311. The van der Waals surface area contributed by atoms with Crippen LogP contribution >= 0.6 is 15.9 Å². The maximum Gasteiger partial charge on any atom is 0.254 e. The molecule has 4 nitrogen and oxygen atoms in total. The van der Waals surface area contributed by atoms with Gasteiger partial charge in [0.15, 0.2) is 0 Å².